The van der Waals surface area contributed by atoms with Gasteiger partial charge in [-0.3, -0.25) is 4.68 Å². The van der Waals surface area contributed by atoms with Gasteiger partial charge in [0.25, 0.3) is 0 Å². The molecule has 0 spiro atoms. The van der Waals surface area contributed by atoms with E-state index in [1.165, 1.54) is 0 Å². The van der Waals surface area contributed by atoms with Crippen molar-refractivity contribution in [2.45, 2.75) is 53.9 Å². The molecule has 0 radical (unpaired) electrons. The van der Waals surface area contributed by atoms with Gasteiger partial charge in [-0.15, -0.1) is 5.10 Å². The van der Waals surface area contributed by atoms with Gasteiger partial charge in [0.05, 0.1) is 18.9 Å². The number of nitrogens with zero attached hydrogens (tertiary/aromatic N) is 3. The average molecular weight is 211 g/mol. The molecular weight excluding hydrogens is 190 g/mol. The van der Waals surface area contributed by atoms with E-state index in [0.717, 1.165) is 12.2 Å². The maximum atomic E-state index is 5.46. The van der Waals surface area contributed by atoms with Crippen molar-refractivity contribution in [2.75, 3.05) is 0 Å². The zero-order valence-electron chi connectivity index (χ0n) is 10.3. The first-order valence-electron chi connectivity index (χ1n) is 5.37. The molecule has 4 nitrogen and oxygen atoms in total. The van der Waals surface area contributed by atoms with Gasteiger partial charge in [0.2, 0.25) is 0 Å². The van der Waals surface area contributed by atoms with Crippen molar-refractivity contribution in [3.63, 3.8) is 0 Å². The van der Waals surface area contributed by atoms with Crippen molar-refractivity contribution >= 4 is 0 Å². The molecule has 1 rings (SSSR count). The van der Waals surface area contributed by atoms with Gasteiger partial charge < -0.3 is 4.74 Å². The van der Waals surface area contributed by atoms with Crippen LogP contribution in [0.5, 0.6) is 0 Å². The van der Waals surface area contributed by atoms with Crippen molar-refractivity contribution in [1.29, 1.82) is 0 Å². The second-order valence-corrected chi connectivity index (χ2v) is 5.33. The SMILES string of the molecule is CC(C)OCc1cn(CC(C)(C)C)nn1. The van der Waals surface area contributed by atoms with Gasteiger partial charge in [-0.25, -0.2) is 0 Å². The lowest BCUT2D eigenvalue weighted by Gasteiger charge is -2.16. The fourth-order valence-corrected chi connectivity index (χ4v) is 1.22. The first-order valence-corrected chi connectivity index (χ1v) is 5.37. The van der Waals surface area contributed by atoms with E-state index < -0.39 is 0 Å². The van der Waals surface area contributed by atoms with Crippen LogP contribution >= 0.6 is 0 Å². The molecule has 0 saturated heterocycles. The highest BCUT2D eigenvalue weighted by atomic mass is 16.5. The maximum Gasteiger partial charge on any atom is 0.108 e. The molecule has 0 aliphatic rings. The minimum atomic E-state index is 0.226. The van der Waals surface area contributed by atoms with E-state index in [1.54, 1.807) is 0 Å². The average Bonchev–Trinajstić information content (AvgIpc) is 2.45. The Bertz CT molecular complexity index is 299. The summed E-state index contributed by atoms with van der Waals surface area (Å²) in [5.41, 5.74) is 1.12. The molecule has 0 atom stereocenters. The zero-order valence-corrected chi connectivity index (χ0v) is 10.3. The topological polar surface area (TPSA) is 39.9 Å². The van der Waals surface area contributed by atoms with Crippen LogP contribution in [0.25, 0.3) is 0 Å². The van der Waals surface area contributed by atoms with Crippen LogP contribution in [0.3, 0.4) is 0 Å². The number of hydrogen-bond donors (Lipinski definition) is 0. The molecule has 0 saturated carbocycles. The Kier molecular flexibility index (Phi) is 3.85. The van der Waals surface area contributed by atoms with E-state index >= 15 is 0 Å². The molecule has 0 bridgehead atoms. The maximum absolute atomic E-state index is 5.46. The van der Waals surface area contributed by atoms with Gasteiger partial charge in [0, 0.05) is 6.54 Å². The predicted octanol–water partition coefficient (Wildman–Crippen LogP) is 2.25. The Balaban J connectivity index is 2.49. The highest BCUT2D eigenvalue weighted by Crippen LogP contribution is 2.15. The number of ether oxygens (including phenoxy) is 1. The summed E-state index contributed by atoms with van der Waals surface area (Å²) < 4.78 is 7.33. The van der Waals surface area contributed by atoms with Crippen LogP contribution in [0.2, 0.25) is 0 Å². The summed E-state index contributed by atoms with van der Waals surface area (Å²) >= 11 is 0. The van der Waals surface area contributed by atoms with Crippen LogP contribution < -0.4 is 0 Å². The van der Waals surface area contributed by atoms with Gasteiger partial charge in [0.1, 0.15) is 5.69 Å². The lowest BCUT2D eigenvalue weighted by atomic mass is 9.97. The molecule has 0 unspecified atom stereocenters. The van der Waals surface area contributed by atoms with Crippen LogP contribution in [-0.2, 0) is 17.9 Å². The molecule has 86 valence electrons. The minimum Gasteiger partial charge on any atom is -0.372 e. The third kappa shape index (κ3) is 4.93. The molecule has 0 amide bonds. The minimum absolute atomic E-state index is 0.226. The van der Waals surface area contributed by atoms with Crippen LogP contribution in [0.4, 0.5) is 0 Å². The zero-order chi connectivity index (χ0) is 11.5. The third-order valence-corrected chi connectivity index (χ3v) is 1.79. The lowest BCUT2D eigenvalue weighted by Crippen LogP contribution is -2.15. The molecule has 1 aromatic heterocycles. The summed E-state index contributed by atoms with van der Waals surface area (Å²) in [5, 5.41) is 8.13. The summed E-state index contributed by atoms with van der Waals surface area (Å²) in [7, 11) is 0. The monoisotopic (exact) mass is 211 g/mol. The Morgan fingerprint density at radius 2 is 2.07 bits per heavy atom. The van der Waals surface area contributed by atoms with Crippen LogP contribution in [0, 0.1) is 5.41 Å². The smallest absolute Gasteiger partial charge is 0.108 e. The number of rotatable bonds is 4. The summed E-state index contributed by atoms with van der Waals surface area (Å²) in [4.78, 5) is 0. The van der Waals surface area contributed by atoms with Crippen LogP contribution in [-0.4, -0.2) is 21.1 Å². The summed E-state index contributed by atoms with van der Waals surface area (Å²) in [6.45, 7) is 12.0. The molecule has 1 aromatic rings. The molecule has 0 fully saturated rings. The van der Waals surface area contributed by atoms with Gasteiger partial charge >= 0.3 is 0 Å². The first kappa shape index (κ1) is 12.2. The predicted molar refractivity (Wildman–Crippen MR) is 59.4 cm³/mol. The van der Waals surface area contributed by atoms with Crippen molar-refractivity contribution in [2.24, 2.45) is 5.41 Å². The van der Waals surface area contributed by atoms with Crippen LogP contribution in [0.15, 0.2) is 6.20 Å². The highest BCUT2D eigenvalue weighted by molar-refractivity contribution is 4.90. The molecular formula is C11H21N3O. The van der Waals surface area contributed by atoms with E-state index in [0.29, 0.717) is 6.61 Å². The second kappa shape index (κ2) is 4.75. The second-order valence-electron chi connectivity index (χ2n) is 5.33. The number of aromatic nitrogens is 3. The van der Waals surface area contributed by atoms with E-state index in [4.69, 9.17) is 4.74 Å². The third-order valence-electron chi connectivity index (χ3n) is 1.79. The molecule has 1 heterocycles. The summed E-state index contributed by atoms with van der Waals surface area (Å²) in [5.74, 6) is 0. The fraction of sp³-hybridized carbons (Fsp3) is 0.818. The molecule has 4 heteroatoms. The Labute approximate surface area is 91.6 Å². The lowest BCUT2D eigenvalue weighted by molar-refractivity contribution is 0.0635. The Morgan fingerprint density at radius 3 is 2.60 bits per heavy atom. The van der Waals surface area contributed by atoms with Crippen molar-refractivity contribution in [3.8, 4) is 0 Å². The molecule has 0 aliphatic carbocycles. The van der Waals surface area contributed by atoms with Crippen molar-refractivity contribution < 1.29 is 4.74 Å². The number of hydrogen-bond acceptors (Lipinski definition) is 3. The van der Waals surface area contributed by atoms with E-state index in [2.05, 4.69) is 31.1 Å². The highest BCUT2D eigenvalue weighted by Gasteiger charge is 2.12. The van der Waals surface area contributed by atoms with Gasteiger partial charge in [-0.1, -0.05) is 26.0 Å². The molecule has 0 aliphatic heterocycles. The van der Waals surface area contributed by atoms with E-state index in [9.17, 15) is 0 Å². The van der Waals surface area contributed by atoms with Crippen molar-refractivity contribution in [3.05, 3.63) is 11.9 Å². The summed E-state index contributed by atoms with van der Waals surface area (Å²) in [6.07, 6.45) is 2.19. The molecule has 0 N–H and O–H groups in total. The Morgan fingerprint density at radius 1 is 1.40 bits per heavy atom. The van der Waals surface area contributed by atoms with E-state index in [-0.39, 0.29) is 11.5 Å². The van der Waals surface area contributed by atoms with E-state index in [1.807, 2.05) is 24.7 Å². The Hall–Kier alpha value is -0.900. The molecule has 15 heavy (non-hydrogen) atoms. The van der Waals surface area contributed by atoms with Gasteiger partial charge in [0.15, 0.2) is 0 Å². The van der Waals surface area contributed by atoms with Crippen LogP contribution in [0.1, 0.15) is 40.3 Å². The largest absolute Gasteiger partial charge is 0.372 e. The fourth-order valence-electron chi connectivity index (χ4n) is 1.22. The van der Waals surface area contributed by atoms with Gasteiger partial charge in [-0.05, 0) is 19.3 Å². The molecule has 0 aromatic carbocycles. The standard InChI is InChI=1S/C11H21N3O/c1-9(2)15-7-10-6-14(13-12-10)8-11(3,4)5/h6,9H,7-8H2,1-5H3. The van der Waals surface area contributed by atoms with Gasteiger partial charge in [-0.2, -0.15) is 0 Å². The van der Waals surface area contributed by atoms with Crippen molar-refractivity contribution in [1.82, 2.24) is 15.0 Å². The quantitative estimate of drug-likeness (QED) is 0.767. The summed E-state index contributed by atoms with van der Waals surface area (Å²) in [6, 6.07) is 0. The first-order chi connectivity index (χ1) is 6.87. The normalized spacial score (nSPS) is 12.4.